The Labute approximate surface area is 453 Å². The van der Waals surface area contributed by atoms with Gasteiger partial charge in [0.05, 0.1) is 75.6 Å². The maximum Gasteiger partial charge on any atom is 0.408 e. The van der Waals surface area contributed by atoms with Crippen LogP contribution >= 0.6 is 0 Å². The first-order valence-corrected chi connectivity index (χ1v) is 24.2. The highest BCUT2D eigenvalue weighted by Gasteiger charge is 2.35. The van der Waals surface area contributed by atoms with Crippen LogP contribution < -0.4 is 31.9 Å². The van der Waals surface area contributed by atoms with Crippen LogP contribution in [0.2, 0.25) is 0 Å². The summed E-state index contributed by atoms with van der Waals surface area (Å²) in [5.41, 5.74) is -2.42. The summed E-state index contributed by atoms with van der Waals surface area (Å²) in [6, 6.07) is 2.41. The first-order valence-electron chi connectivity index (χ1n) is 24.2. The summed E-state index contributed by atoms with van der Waals surface area (Å²) < 4.78 is 38.6. The minimum Gasteiger partial charge on any atom is -0.504 e. The summed E-state index contributed by atoms with van der Waals surface area (Å²) in [5, 5.41) is 83.3. The minimum absolute atomic E-state index is 0.0124. The van der Waals surface area contributed by atoms with Crippen molar-refractivity contribution in [1.29, 1.82) is 0 Å². The molecule has 3 aromatic carbocycles. The Balaban J connectivity index is 1.09. The molecule has 31 heteroatoms. The summed E-state index contributed by atoms with van der Waals surface area (Å²) >= 11 is 0. The zero-order valence-electron chi connectivity index (χ0n) is 43.2. The highest BCUT2D eigenvalue weighted by atomic mass is 16.6. The molecule has 1 aliphatic heterocycles. The van der Waals surface area contributed by atoms with E-state index < -0.39 is 148 Å². The average Bonchev–Trinajstić information content (AvgIpc) is 3.87. The fraction of sp³-hybridized carbons (Fsp3) is 0.408. The van der Waals surface area contributed by atoms with Gasteiger partial charge in [-0.2, -0.15) is 0 Å². The average molecular weight is 1130 g/mol. The number of esters is 3. The quantitative estimate of drug-likeness (QED) is 0.0173. The van der Waals surface area contributed by atoms with Gasteiger partial charge in [0.2, 0.25) is 5.91 Å². The van der Waals surface area contributed by atoms with Crippen LogP contribution in [0.3, 0.4) is 0 Å². The van der Waals surface area contributed by atoms with Gasteiger partial charge in [-0.15, -0.1) is 5.10 Å². The van der Waals surface area contributed by atoms with Crippen molar-refractivity contribution in [3.05, 3.63) is 82.7 Å². The van der Waals surface area contributed by atoms with Crippen molar-refractivity contribution in [2.24, 2.45) is 0 Å². The van der Waals surface area contributed by atoms with Crippen LogP contribution in [-0.4, -0.2) is 195 Å². The zero-order chi connectivity index (χ0) is 58.5. The number of nitrogens with zero attached hydrogens (tertiary/aromatic N) is 3. The fourth-order valence-electron chi connectivity index (χ4n) is 6.65. The van der Waals surface area contributed by atoms with E-state index in [2.05, 4.69) is 42.2 Å². The number of nitrogens with one attached hydrogen (secondary N) is 6. The highest BCUT2D eigenvalue weighted by Crippen LogP contribution is 2.31. The van der Waals surface area contributed by atoms with E-state index in [-0.39, 0.29) is 64.8 Å². The van der Waals surface area contributed by atoms with Gasteiger partial charge >= 0.3 is 24.0 Å². The summed E-state index contributed by atoms with van der Waals surface area (Å²) in [4.78, 5) is 117. The molecule has 432 valence electrons. The monoisotopic (exact) mass is 1130 g/mol. The van der Waals surface area contributed by atoms with Crippen molar-refractivity contribution in [3.63, 3.8) is 0 Å². The van der Waals surface area contributed by atoms with Crippen molar-refractivity contribution >= 4 is 53.5 Å². The molecule has 0 spiro atoms. The summed E-state index contributed by atoms with van der Waals surface area (Å²) in [6.07, 6.45) is 0.909. The molecule has 4 aromatic rings. The van der Waals surface area contributed by atoms with Crippen LogP contribution in [-0.2, 0) is 65.4 Å². The Hall–Kier alpha value is -9.49. The van der Waals surface area contributed by atoms with E-state index in [4.69, 9.17) is 33.2 Å². The highest BCUT2D eigenvalue weighted by molar-refractivity contribution is 6.04. The lowest BCUT2D eigenvalue weighted by molar-refractivity contribution is -0.160. The van der Waals surface area contributed by atoms with Crippen LogP contribution in [0.4, 0.5) is 4.79 Å². The molecule has 0 radical (unpaired) electrons. The van der Waals surface area contributed by atoms with Gasteiger partial charge in [0.15, 0.2) is 52.6 Å². The predicted octanol–water partition coefficient (Wildman–Crippen LogP) is -1.53. The molecule has 2 heterocycles. The Morgan fingerprint density at radius 2 is 1.07 bits per heavy atom. The lowest BCUT2D eigenvalue weighted by Gasteiger charge is -2.25. The minimum atomic E-state index is -2.02. The van der Waals surface area contributed by atoms with E-state index in [1.807, 2.05) is 0 Å². The van der Waals surface area contributed by atoms with Gasteiger partial charge in [-0.25, -0.2) is 23.9 Å². The van der Waals surface area contributed by atoms with Crippen LogP contribution in [0.15, 0.2) is 54.7 Å². The fourth-order valence-corrected chi connectivity index (χ4v) is 6.65. The van der Waals surface area contributed by atoms with Crippen LogP contribution in [0, 0.1) is 0 Å². The number of carbonyl (C=O) groups is 9. The number of rotatable bonds is 23. The number of aromatic nitrogens is 3. The van der Waals surface area contributed by atoms with Crippen molar-refractivity contribution < 1.29 is 107 Å². The van der Waals surface area contributed by atoms with Crippen molar-refractivity contribution in [3.8, 4) is 34.5 Å². The van der Waals surface area contributed by atoms with Gasteiger partial charge < -0.3 is 95.7 Å². The van der Waals surface area contributed by atoms with E-state index >= 15 is 0 Å². The number of carbonyl (C=O) groups excluding carboxylic acids is 9. The third-order valence-electron chi connectivity index (χ3n) is 10.6. The Morgan fingerprint density at radius 1 is 0.600 bits per heavy atom. The van der Waals surface area contributed by atoms with E-state index in [0.717, 1.165) is 36.4 Å². The van der Waals surface area contributed by atoms with Crippen LogP contribution in [0.25, 0.3) is 0 Å². The standard InChI is InChI=1S/C49H59N9O22/c1-49(2,3)80-48(73)52-21-37(62)51-20-27-22-58(57-56-27)11-13-75-15-17-76-16-14-74-12-10-50-41(66)26-18-30(40(65)36(61)19-26)44(69)55-33-25-79-46(71)31(53-42(67)28-6-4-8-34(59)38(28)63)23-77-45(70)32(24-78-47(33)72)54-43(68)29-7-5-9-35(60)39(29)64/h4-9,18-19,22,31-33,59-61,63-65H,10-17,20-21,23-25H2,1-3H3,(H,50,66)(H,51,62)(H,52,73)(H,53,67)(H,54,68)(H,55,69)/t31-,32-,33-/m0/s1. The number of phenols is 6. The SMILES string of the molecule is CC(C)(C)OC(=O)NCC(=O)NCc1cn(CCOCCOCCOCCNC(=O)c2cc(O)c(O)c(C(=O)N[C@H]3COC(=O)[C@@H](NC(=O)c4cccc(O)c4O)COC(=O)[C@@H](NC(=O)c4cccc(O)c4O)COC3=O)c2)nn1. The maximum absolute atomic E-state index is 13.7. The predicted molar refractivity (Wildman–Crippen MR) is 267 cm³/mol. The molecule has 5 rings (SSSR count). The molecule has 6 amide bonds. The van der Waals surface area contributed by atoms with Gasteiger partial charge in [0.1, 0.15) is 37.7 Å². The van der Waals surface area contributed by atoms with E-state index in [0.29, 0.717) is 12.2 Å². The molecule has 1 aromatic heterocycles. The Bertz CT molecular complexity index is 2830. The van der Waals surface area contributed by atoms with E-state index in [1.54, 1.807) is 27.0 Å². The van der Waals surface area contributed by atoms with E-state index in [1.165, 1.54) is 16.8 Å². The zero-order valence-corrected chi connectivity index (χ0v) is 43.2. The molecule has 31 nitrogen and oxygen atoms in total. The van der Waals surface area contributed by atoms with Gasteiger partial charge in [-0.05, 0) is 57.2 Å². The molecule has 1 fully saturated rings. The molecule has 0 saturated carbocycles. The first-order chi connectivity index (χ1) is 38.0. The lowest BCUT2D eigenvalue weighted by atomic mass is 10.1. The Kier molecular flexibility index (Phi) is 22.5. The number of alkyl carbamates (subject to hydrolysis) is 1. The molecule has 3 atom stereocenters. The largest absolute Gasteiger partial charge is 0.504 e. The van der Waals surface area contributed by atoms with Gasteiger partial charge in [0.25, 0.3) is 23.6 Å². The smallest absolute Gasteiger partial charge is 0.408 e. The summed E-state index contributed by atoms with van der Waals surface area (Å²) in [6.45, 7) is 3.05. The van der Waals surface area contributed by atoms with Gasteiger partial charge in [0, 0.05) is 12.1 Å². The number of benzene rings is 3. The molecular formula is C49H59N9O22. The molecule has 12 N–H and O–H groups in total. The van der Waals surface area contributed by atoms with Crippen molar-refractivity contribution in [1.82, 2.24) is 46.9 Å². The van der Waals surface area contributed by atoms with Crippen molar-refractivity contribution in [2.75, 3.05) is 72.6 Å². The molecule has 80 heavy (non-hydrogen) atoms. The third-order valence-corrected chi connectivity index (χ3v) is 10.6. The normalized spacial score (nSPS) is 15.8. The summed E-state index contributed by atoms with van der Waals surface area (Å²) in [5.74, 6) is -14.5. The number of phenolic OH excluding ortho intramolecular Hbond substituents is 6. The second-order valence-electron chi connectivity index (χ2n) is 17.9. The first kappa shape index (κ1) is 61.4. The number of amides is 6. The second kappa shape index (κ2) is 29.3. The number of cyclic esters (lactones) is 3. The number of ether oxygens (including phenoxy) is 7. The molecule has 0 unspecified atom stereocenters. The van der Waals surface area contributed by atoms with Gasteiger partial charge in [-0.3, -0.25) is 24.0 Å². The second-order valence-corrected chi connectivity index (χ2v) is 17.9. The number of aromatic hydroxyl groups is 6. The third kappa shape index (κ3) is 18.9. The molecular weight excluding hydrogens is 1070 g/mol. The van der Waals surface area contributed by atoms with Crippen molar-refractivity contribution in [2.45, 2.75) is 57.6 Å². The number of para-hydroxylation sites is 2. The molecule has 1 saturated heterocycles. The van der Waals surface area contributed by atoms with E-state index in [9.17, 15) is 73.8 Å². The Morgan fingerprint density at radius 3 is 1.59 bits per heavy atom. The number of hydrogen-bond acceptors (Lipinski definition) is 24. The molecule has 0 aliphatic carbocycles. The maximum atomic E-state index is 13.7. The van der Waals surface area contributed by atoms with Gasteiger partial charge in [-0.1, -0.05) is 17.3 Å². The number of hydrogen-bond donors (Lipinski definition) is 12. The van der Waals surface area contributed by atoms with Crippen LogP contribution in [0.1, 0.15) is 67.9 Å². The topological polar surface area (TPSA) is 443 Å². The molecule has 0 bridgehead atoms. The summed E-state index contributed by atoms with van der Waals surface area (Å²) in [7, 11) is 0. The lowest BCUT2D eigenvalue weighted by Crippen LogP contribution is -2.52. The van der Waals surface area contributed by atoms with Crippen LogP contribution in [0.5, 0.6) is 34.5 Å². The molecule has 1 aliphatic rings.